The number of rotatable bonds is 3. The van der Waals surface area contributed by atoms with Gasteiger partial charge in [0.25, 0.3) is 0 Å². The molecule has 0 spiro atoms. The molecule has 1 atom stereocenters. The second-order valence-corrected chi connectivity index (χ2v) is 6.62. The second-order valence-electron chi connectivity index (χ2n) is 4.85. The van der Waals surface area contributed by atoms with Gasteiger partial charge in [-0.3, -0.25) is 0 Å². The summed E-state index contributed by atoms with van der Waals surface area (Å²) in [5.74, 6) is -1.26. The Balaban J connectivity index is 1.84. The van der Waals surface area contributed by atoms with E-state index in [9.17, 15) is 9.18 Å². The van der Waals surface area contributed by atoms with Crippen molar-refractivity contribution in [1.29, 1.82) is 0 Å². The maximum atomic E-state index is 13.6. The molecular formula is C15H13ClFNO2S. The van der Waals surface area contributed by atoms with Gasteiger partial charge in [-0.05, 0) is 42.7 Å². The minimum Gasteiger partial charge on any atom is -0.465 e. The van der Waals surface area contributed by atoms with Crippen LogP contribution < -0.4 is 5.32 Å². The van der Waals surface area contributed by atoms with E-state index in [1.807, 2.05) is 6.07 Å². The Labute approximate surface area is 130 Å². The number of carbonyl (C=O) groups is 1. The van der Waals surface area contributed by atoms with E-state index in [0.29, 0.717) is 5.69 Å². The van der Waals surface area contributed by atoms with Crippen molar-refractivity contribution in [2.75, 3.05) is 12.4 Å². The zero-order chi connectivity index (χ0) is 15.0. The van der Waals surface area contributed by atoms with Crippen LogP contribution in [0.1, 0.15) is 33.3 Å². The maximum absolute atomic E-state index is 13.6. The lowest BCUT2D eigenvalue weighted by Gasteiger charge is -2.15. The largest absolute Gasteiger partial charge is 0.465 e. The molecule has 21 heavy (non-hydrogen) atoms. The van der Waals surface area contributed by atoms with Crippen LogP contribution >= 0.6 is 22.9 Å². The number of thiophene rings is 1. The summed E-state index contributed by atoms with van der Waals surface area (Å²) in [6.45, 7) is 0. The van der Waals surface area contributed by atoms with Crippen molar-refractivity contribution < 1.29 is 13.9 Å². The summed E-state index contributed by atoms with van der Waals surface area (Å²) >= 11 is 7.63. The number of esters is 1. The van der Waals surface area contributed by atoms with Crippen LogP contribution in [0.25, 0.3) is 0 Å². The van der Waals surface area contributed by atoms with Crippen LogP contribution in [0.4, 0.5) is 10.1 Å². The van der Waals surface area contributed by atoms with Crippen LogP contribution in [0.2, 0.25) is 4.34 Å². The van der Waals surface area contributed by atoms with Crippen LogP contribution in [-0.2, 0) is 11.2 Å². The van der Waals surface area contributed by atoms with Crippen LogP contribution in [-0.4, -0.2) is 13.1 Å². The van der Waals surface area contributed by atoms with Crippen molar-refractivity contribution in [1.82, 2.24) is 0 Å². The number of methoxy groups -OCH3 is 1. The molecule has 0 saturated carbocycles. The average Bonchev–Trinajstić information content (AvgIpc) is 3.00. The van der Waals surface area contributed by atoms with Gasteiger partial charge in [0, 0.05) is 10.6 Å². The topological polar surface area (TPSA) is 38.3 Å². The molecule has 3 rings (SSSR count). The van der Waals surface area contributed by atoms with Gasteiger partial charge in [0.15, 0.2) is 0 Å². The number of carbonyl (C=O) groups excluding carboxylic acids is 1. The first-order valence-electron chi connectivity index (χ1n) is 6.51. The highest BCUT2D eigenvalue weighted by atomic mass is 35.5. The predicted octanol–water partition coefficient (Wildman–Crippen LogP) is 4.43. The molecule has 0 amide bonds. The first kappa shape index (κ1) is 14.4. The van der Waals surface area contributed by atoms with Crippen molar-refractivity contribution in [3.05, 3.63) is 50.4 Å². The average molecular weight is 326 g/mol. The molecule has 0 radical (unpaired) electrons. The standard InChI is InChI=1S/C15H13ClFNO2S/c1-20-15(19)9-6-8(2-3-11(9)17)18-12-4-5-13-10(12)7-14(16)21-13/h2-3,6-7,12,18H,4-5H2,1H3. The van der Waals surface area contributed by atoms with Gasteiger partial charge >= 0.3 is 5.97 Å². The van der Waals surface area contributed by atoms with Gasteiger partial charge in [-0.25, -0.2) is 9.18 Å². The summed E-state index contributed by atoms with van der Waals surface area (Å²) in [6.07, 6.45) is 1.94. The maximum Gasteiger partial charge on any atom is 0.340 e. The third-order valence-corrected chi connectivity index (χ3v) is 4.90. The van der Waals surface area contributed by atoms with Gasteiger partial charge in [0.1, 0.15) is 5.82 Å². The van der Waals surface area contributed by atoms with Gasteiger partial charge in [-0.15, -0.1) is 11.3 Å². The number of nitrogens with one attached hydrogen (secondary N) is 1. The van der Waals surface area contributed by atoms with E-state index in [2.05, 4.69) is 10.1 Å². The van der Waals surface area contributed by atoms with E-state index in [-0.39, 0.29) is 11.6 Å². The molecule has 1 heterocycles. The monoisotopic (exact) mass is 325 g/mol. The Morgan fingerprint density at radius 1 is 1.48 bits per heavy atom. The molecule has 0 fully saturated rings. The molecule has 0 saturated heterocycles. The third kappa shape index (κ3) is 2.76. The number of halogens is 2. The van der Waals surface area contributed by atoms with Crippen molar-refractivity contribution >= 4 is 34.6 Å². The first-order chi connectivity index (χ1) is 10.1. The molecule has 6 heteroatoms. The van der Waals surface area contributed by atoms with Crippen LogP contribution in [0, 0.1) is 5.82 Å². The number of hydrogen-bond acceptors (Lipinski definition) is 4. The van der Waals surface area contributed by atoms with Crippen molar-refractivity contribution in [2.24, 2.45) is 0 Å². The fraction of sp³-hybridized carbons (Fsp3) is 0.267. The zero-order valence-electron chi connectivity index (χ0n) is 11.3. The number of hydrogen-bond donors (Lipinski definition) is 1. The molecule has 1 aliphatic carbocycles. The smallest absolute Gasteiger partial charge is 0.340 e. The van der Waals surface area contributed by atoms with Crippen molar-refractivity contribution in [2.45, 2.75) is 18.9 Å². The van der Waals surface area contributed by atoms with Crippen LogP contribution in [0.5, 0.6) is 0 Å². The summed E-state index contributed by atoms with van der Waals surface area (Å²) in [4.78, 5) is 12.8. The van der Waals surface area contributed by atoms with Crippen LogP contribution in [0.15, 0.2) is 24.3 Å². The van der Waals surface area contributed by atoms with Crippen molar-refractivity contribution in [3.63, 3.8) is 0 Å². The summed E-state index contributed by atoms with van der Waals surface area (Å²) in [5, 5.41) is 3.33. The number of anilines is 1. The predicted molar refractivity (Wildman–Crippen MR) is 81.8 cm³/mol. The lowest BCUT2D eigenvalue weighted by Crippen LogP contribution is -2.09. The Hall–Kier alpha value is -1.59. The highest BCUT2D eigenvalue weighted by molar-refractivity contribution is 7.16. The van der Waals surface area contributed by atoms with E-state index in [1.54, 1.807) is 17.4 Å². The summed E-state index contributed by atoms with van der Waals surface area (Å²) in [6, 6.07) is 6.47. The van der Waals surface area contributed by atoms with Gasteiger partial charge < -0.3 is 10.1 Å². The summed E-state index contributed by atoms with van der Waals surface area (Å²) < 4.78 is 19.0. The SMILES string of the molecule is COC(=O)c1cc(NC2CCc3sc(Cl)cc32)ccc1F. The lowest BCUT2D eigenvalue weighted by atomic mass is 10.1. The van der Waals surface area contributed by atoms with Crippen LogP contribution in [0.3, 0.4) is 0 Å². The molecule has 0 aliphatic heterocycles. The lowest BCUT2D eigenvalue weighted by molar-refractivity contribution is 0.0595. The quantitative estimate of drug-likeness (QED) is 0.849. The minimum atomic E-state index is -0.679. The number of benzene rings is 1. The number of fused-ring (bicyclic) bond motifs is 1. The molecule has 110 valence electrons. The van der Waals surface area contributed by atoms with E-state index in [1.165, 1.54) is 29.7 Å². The molecule has 0 bridgehead atoms. The summed E-state index contributed by atoms with van der Waals surface area (Å²) in [5.41, 5.74) is 1.81. The van der Waals surface area contributed by atoms with E-state index in [0.717, 1.165) is 17.2 Å². The zero-order valence-corrected chi connectivity index (χ0v) is 12.9. The van der Waals surface area contributed by atoms with Gasteiger partial charge in [-0.1, -0.05) is 11.6 Å². The third-order valence-electron chi connectivity index (χ3n) is 3.56. The Morgan fingerprint density at radius 2 is 2.29 bits per heavy atom. The Bertz CT molecular complexity index is 701. The molecule has 1 aromatic heterocycles. The Morgan fingerprint density at radius 3 is 3.05 bits per heavy atom. The van der Waals surface area contributed by atoms with Gasteiger partial charge in [0.2, 0.25) is 0 Å². The van der Waals surface area contributed by atoms with E-state index in [4.69, 9.17) is 11.6 Å². The second kappa shape index (κ2) is 5.66. The fourth-order valence-corrected chi connectivity index (χ4v) is 3.92. The highest BCUT2D eigenvalue weighted by Gasteiger charge is 2.25. The molecular weight excluding hydrogens is 313 g/mol. The summed E-state index contributed by atoms with van der Waals surface area (Å²) in [7, 11) is 1.23. The van der Waals surface area contributed by atoms with E-state index >= 15 is 0 Å². The highest BCUT2D eigenvalue weighted by Crippen LogP contribution is 2.41. The van der Waals surface area contributed by atoms with E-state index < -0.39 is 11.8 Å². The molecule has 1 N–H and O–H groups in total. The molecule has 3 nitrogen and oxygen atoms in total. The first-order valence-corrected chi connectivity index (χ1v) is 7.70. The fourth-order valence-electron chi connectivity index (χ4n) is 2.56. The molecule has 1 unspecified atom stereocenters. The minimum absolute atomic E-state index is 0.0657. The Kier molecular flexibility index (Phi) is 3.87. The molecule has 2 aromatic rings. The van der Waals surface area contributed by atoms with Crippen molar-refractivity contribution in [3.8, 4) is 0 Å². The number of ether oxygens (including phenoxy) is 1. The normalized spacial score (nSPS) is 16.6. The molecule has 1 aliphatic rings. The molecule has 1 aromatic carbocycles. The van der Waals surface area contributed by atoms with Gasteiger partial charge in [-0.2, -0.15) is 0 Å². The number of aryl methyl sites for hydroxylation is 1. The van der Waals surface area contributed by atoms with Gasteiger partial charge in [0.05, 0.1) is 23.1 Å².